The zero-order valence-corrected chi connectivity index (χ0v) is 11.3. The lowest BCUT2D eigenvalue weighted by Gasteiger charge is -2.01. The van der Waals surface area contributed by atoms with Gasteiger partial charge in [-0.3, -0.25) is 4.79 Å². The van der Waals surface area contributed by atoms with Crippen LogP contribution in [0.4, 0.5) is 0 Å². The lowest BCUT2D eigenvalue weighted by Crippen LogP contribution is -1.94. The molecule has 1 saturated carbocycles. The predicted octanol–water partition coefficient (Wildman–Crippen LogP) is 4.63. The Bertz CT molecular complexity index is 213. The fraction of sp³-hybridized carbons (Fsp3) is 0.933. The van der Waals surface area contributed by atoms with E-state index in [1.165, 1.54) is 51.4 Å². The molecule has 2 unspecified atom stereocenters. The van der Waals surface area contributed by atoms with Gasteiger partial charge in [0.2, 0.25) is 0 Å². The molecule has 2 nitrogen and oxygen atoms in total. The van der Waals surface area contributed by atoms with Crippen molar-refractivity contribution in [2.75, 3.05) is 0 Å². The van der Waals surface area contributed by atoms with Crippen LogP contribution in [0.1, 0.15) is 77.6 Å². The van der Waals surface area contributed by atoms with Gasteiger partial charge in [-0.05, 0) is 31.1 Å². The standard InChI is InChI=1S/C15H28O2/c1-2-3-4-5-6-7-9-13-12-14(13)10-8-11-15(16)17/h13-14H,2-12H2,1H3,(H,16,17). The summed E-state index contributed by atoms with van der Waals surface area (Å²) in [6.45, 7) is 2.26. The van der Waals surface area contributed by atoms with Gasteiger partial charge in [-0.25, -0.2) is 0 Å². The SMILES string of the molecule is CCCCCCCCC1CC1CCCC(=O)O. The highest BCUT2D eigenvalue weighted by molar-refractivity contribution is 5.66. The Kier molecular flexibility index (Phi) is 7.30. The van der Waals surface area contributed by atoms with E-state index in [0.717, 1.165) is 24.7 Å². The van der Waals surface area contributed by atoms with Crippen LogP contribution >= 0.6 is 0 Å². The number of carbonyl (C=O) groups is 1. The Balaban J connectivity index is 1.82. The summed E-state index contributed by atoms with van der Waals surface area (Å²) in [6, 6.07) is 0. The fourth-order valence-corrected chi connectivity index (χ4v) is 2.72. The second-order valence-corrected chi connectivity index (χ2v) is 5.60. The lowest BCUT2D eigenvalue weighted by atomic mass is 10.1. The summed E-state index contributed by atoms with van der Waals surface area (Å²) in [7, 11) is 0. The average molecular weight is 240 g/mol. The van der Waals surface area contributed by atoms with E-state index in [1.54, 1.807) is 0 Å². The van der Waals surface area contributed by atoms with Crippen LogP contribution in [0.3, 0.4) is 0 Å². The topological polar surface area (TPSA) is 37.3 Å². The van der Waals surface area contributed by atoms with Crippen LogP contribution in [0.2, 0.25) is 0 Å². The van der Waals surface area contributed by atoms with Gasteiger partial charge in [0, 0.05) is 6.42 Å². The van der Waals surface area contributed by atoms with E-state index in [9.17, 15) is 4.79 Å². The minimum atomic E-state index is -0.641. The Labute approximate surface area is 106 Å². The molecule has 1 N–H and O–H groups in total. The van der Waals surface area contributed by atoms with E-state index >= 15 is 0 Å². The van der Waals surface area contributed by atoms with Gasteiger partial charge in [0.15, 0.2) is 0 Å². The first-order valence-corrected chi connectivity index (χ1v) is 7.45. The maximum absolute atomic E-state index is 10.4. The second kappa shape index (κ2) is 8.54. The number of hydrogen-bond donors (Lipinski definition) is 1. The summed E-state index contributed by atoms with van der Waals surface area (Å²) in [4.78, 5) is 10.4. The zero-order valence-electron chi connectivity index (χ0n) is 11.3. The smallest absolute Gasteiger partial charge is 0.303 e. The highest BCUT2D eigenvalue weighted by Crippen LogP contribution is 2.45. The van der Waals surface area contributed by atoms with E-state index in [4.69, 9.17) is 5.11 Å². The monoisotopic (exact) mass is 240 g/mol. The van der Waals surface area contributed by atoms with Crippen molar-refractivity contribution in [3.63, 3.8) is 0 Å². The molecule has 2 heteroatoms. The van der Waals surface area contributed by atoms with E-state index in [2.05, 4.69) is 6.92 Å². The molecule has 1 aliphatic carbocycles. The van der Waals surface area contributed by atoms with Crippen molar-refractivity contribution in [3.8, 4) is 0 Å². The molecule has 0 amide bonds. The first-order valence-electron chi connectivity index (χ1n) is 7.45. The van der Waals surface area contributed by atoms with Crippen LogP contribution in [-0.4, -0.2) is 11.1 Å². The van der Waals surface area contributed by atoms with Gasteiger partial charge in [-0.15, -0.1) is 0 Å². The molecule has 0 aromatic heterocycles. The van der Waals surface area contributed by atoms with E-state index < -0.39 is 5.97 Å². The number of carboxylic acid groups (broad SMARTS) is 1. The van der Waals surface area contributed by atoms with Crippen molar-refractivity contribution in [3.05, 3.63) is 0 Å². The Morgan fingerprint density at radius 1 is 1.00 bits per heavy atom. The molecular formula is C15H28O2. The van der Waals surface area contributed by atoms with E-state index in [0.29, 0.717) is 6.42 Å². The van der Waals surface area contributed by atoms with Gasteiger partial charge in [0.05, 0.1) is 0 Å². The third kappa shape index (κ3) is 7.40. The van der Waals surface area contributed by atoms with Crippen molar-refractivity contribution in [1.29, 1.82) is 0 Å². The molecule has 1 rings (SSSR count). The minimum absolute atomic E-state index is 0.361. The van der Waals surface area contributed by atoms with Crippen LogP contribution in [0.5, 0.6) is 0 Å². The third-order valence-corrected chi connectivity index (χ3v) is 3.96. The first kappa shape index (κ1) is 14.5. The Morgan fingerprint density at radius 3 is 2.24 bits per heavy atom. The van der Waals surface area contributed by atoms with Gasteiger partial charge in [-0.1, -0.05) is 51.9 Å². The average Bonchev–Trinajstić information content (AvgIpc) is 3.01. The highest BCUT2D eigenvalue weighted by Gasteiger charge is 2.35. The maximum Gasteiger partial charge on any atom is 0.303 e. The number of unbranched alkanes of at least 4 members (excludes halogenated alkanes) is 5. The van der Waals surface area contributed by atoms with Crippen molar-refractivity contribution in [1.82, 2.24) is 0 Å². The number of hydrogen-bond acceptors (Lipinski definition) is 1. The number of aliphatic carboxylic acids is 1. The van der Waals surface area contributed by atoms with E-state index in [1.807, 2.05) is 0 Å². The summed E-state index contributed by atoms with van der Waals surface area (Å²) in [5, 5.41) is 8.56. The number of rotatable bonds is 11. The molecule has 1 aliphatic rings. The normalized spacial score (nSPS) is 22.6. The molecule has 0 heterocycles. The van der Waals surface area contributed by atoms with Crippen molar-refractivity contribution in [2.45, 2.75) is 77.6 Å². The number of carboxylic acids is 1. The third-order valence-electron chi connectivity index (χ3n) is 3.96. The van der Waals surface area contributed by atoms with Crippen LogP contribution in [0.25, 0.3) is 0 Å². The van der Waals surface area contributed by atoms with E-state index in [-0.39, 0.29) is 0 Å². The summed E-state index contributed by atoms with van der Waals surface area (Å²) in [6.07, 6.45) is 13.5. The molecular weight excluding hydrogens is 212 g/mol. The summed E-state index contributed by atoms with van der Waals surface area (Å²) in [5.41, 5.74) is 0. The molecule has 100 valence electrons. The molecule has 2 atom stereocenters. The van der Waals surface area contributed by atoms with Crippen molar-refractivity contribution in [2.24, 2.45) is 11.8 Å². The summed E-state index contributed by atoms with van der Waals surface area (Å²) >= 11 is 0. The Morgan fingerprint density at radius 2 is 1.59 bits per heavy atom. The fourth-order valence-electron chi connectivity index (χ4n) is 2.72. The molecule has 0 bridgehead atoms. The van der Waals surface area contributed by atoms with Crippen LogP contribution in [-0.2, 0) is 4.79 Å². The molecule has 0 aromatic carbocycles. The van der Waals surface area contributed by atoms with Crippen molar-refractivity contribution < 1.29 is 9.90 Å². The summed E-state index contributed by atoms with van der Waals surface area (Å²) in [5.74, 6) is 1.16. The molecule has 0 spiro atoms. The van der Waals surface area contributed by atoms with Crippen LogP contribution in [0.15, 0.2) is 0 Å². The quantitative estimate of drug-likeness (QED) is 0.535. The molecule has 17 heavy (non-hydrogen) atoms. The van der Waals surface area contributed by atoms with Crippen LogP contribution in [0, 0.1) is 11.8 Å². The van der Waals surface area contributed by atoms with Gasteiger partial charge in [-0.2, -0.15) is 0 Å². The van der Waals surface area contributed by atoms with Gasteiger partial charge < -0.3 is 5.11 Å². The molecule has 0 radical (unpaired) electrons. The molecule has 0 aliphatic heterocycles. The van der Waals surface area contributed by atoms with Crippen molar-refractivity contribution >= 4 is 5.97 Å². The maximum atomic E-state index is 10.4. The highest BCUT2D eigenvalue weighted by atomic mass is 16.4. The molecule has 0 aromatic rings. The molecule has 1 fully saturated rings. The summed E-state index contributed by atoms with van der Waals surface area (Å²) < 4.78 is 0. The first-order chi connectivity index (χ1) is 8.24. The predicted molar refractivity (Wildman–Crippen MR) is 71.1 cm³/mol. The second-order valence-electron chi connectivity index (χ2n) is 5.60. The van der Waals surface area contributed by atoms with Gasteiger partial charge >= 0.3 is 5.97 Å². The largest absolute Gasteiger partial charge is 0.481 e. The zero-order chi connectivity index (χ0) is 12.5. The van der Waals surface area contributed by atoms with Gasteiger partial charge in [0.25, 0.3) is 0 Å². The Hall–Kier alpha value is -0.530. The molecule has 0 saturated heterocycles. The van der Waals surface area contributed by atoms with Gasteiger partial charge in [0.1, 0.15) is 0 Å². The minimum Gasteiger partial charge on any atom is -0.481 e. The lowest BCUT2D eigenvalue weighted by molar-refractivity contribution is -0.137. The van der Waals surface area contributed by atoms with Crippen LogP contribution < -0.4 is 0 Å².